The van der Waals surface area contributed by atoms with E-state index in [2.05, 4.69) is 0 Å². The zero-order valence-corrected chi connectivity index (χ0v) is 68.2. The summed E-state index contributed by atoms with van der Waals surface area (Å²) in [7, 11) is 0. The molecule has 4 aromatic rings. The molecule has 792 valence electrons. The van der Waals surface area contributed by atoms with Gasteiger partial charge in [-0.25, -0.2) is 19.2 Å². The van der Waals surface area contributed by atoms with Crippen molar-refractivity contribution in [2.24, 2.45) is 5.41 Å². The highest BCUT2D eigenvalue weighted by atomic mass is 19.5. The second-order valence-electron chi connectivity index (χ2n) is 30.8. The zero-order chi connectivity index (χ0) is 108. The number of benzene rings is 4. The van der Waals surface area contributed by atoms with Crippen LogP contribution in [0, 0.1) is 5.41 Å². The van der Waals surface area contributed by atoms with Crippen LogP contribution in [0.3, 0.4) is 0 Å². The van der Waals surface area contributed by atoms with Gasteiger partial charge >= 0.3 is 167 Å². The molecule has 61 heteroatoms. The minimum Gasteiger partial charge on any atom is -0.459 e. The predicted octanol–water partition coefficient (Wildman–Crippen LogP) is 28.1. The van der Waals surface area contributed by atoms with Gasteiger partial charge in [0.15, 0.2) is 24.6 Å². The van der Waals surface area contributed by atoms with Crippen LogP contribution < -0.4 is 0 Å². The molecule has 1 saturated heterocycles. The molecule has 0 radical (unpaired) electrons. The molecular formula is C78H63F51O10. The predicted molar refractivity (Wildman–Crippen MR) is 366 cm³/mol. The zero-order valence-electron chi connectivity index (χ0n) is 68.2. The average Bonchev–Trinajstić information content (AvgIpc) is 0.702. The largest absolute Gasteiger partial charge is 0.460 e. The Bertz CT molecular complexity index is 4620. The fraction of sp³-hybridized carbons (Fsp3) is 0.615. The lowest BCUT2D eigenvalue weighted by molar-refractivity contribution is -0.462. The van der Waals surface area contributed by atoms with Crippen LogP contribution in [0.1, 0.15) is 144 Å². The topological polar surface area (TPSA) is 124 Å². The van der Waals surface area contributed by atoms with Crippen LogP contribution in [0.4, 0.5) is 224 Å². The summed E-state index contributed by atoms with van der Waals surface area (Å²) in [6, 6.07) is 25.1. The van der Waals surface area contributed by atoms with Gasteiger partial charge in [-0.3, -0.25) is 0 Å². The highest BCUT2D eigenvalue weighted by Crippen LogP contribution is 2.69. The summed E-state index contributed by atoms with van der Waals surface area (Å²) in [5.74, 6) is -190. The molecule has 1 heterocycles. The van der Waals surface area contributed by atoms with Gasteiger partial charge in [-0.2, -0.15) is 224 Å². The summed E-state index contributed by atoms with van der Waals surface area (Å²) < 4.78 is 764. The number of alkyl halides is 51. The number of allylic oxidation sites excluding steroid dienone is 1. The highest BCUT2D eigenvalue weighted by Gasteiger charge is 2.99. The van der Waals surface area contributed by atoms with Crippen molar-refractivity contribution in [1.82, 2.24) is 0 Å². The standard InChI is InChI=1S/C78H63F51O10/c79-55(80,58(85,86)61(91,92)64(97,98)67(103,104)70(109,110)73(115,116)76(121,122)123)35-21-8-19-33-54(37-38-57(83,84)60(89,90)63(95,96)66(101,102)69(107,108)72(113,114)75(119,120)78(127,128)129,34-20-9-22-36-56(81,82)59(87,88)62(93,94)65(99,100)68(105,106)71(111,112)74(117,118)77(124,125)126)32-18-2-1-3-23-39-134-53-48(139-52(133)44-30-16-7-17-31-44)47(138-51(132)43-28-14-6-15-29-43)46(137-50(131)42-26-12-5-13-27-42)45(136-53)40-135-49(130)41-24-10-4-11-25-41/h3-7,10-17,23-31,45-48,53H,1-2,8-9,18-22,32-40H2/b23-3+/t45-,46+,47+,48-,53-/m1/s1. The molecule has 0 unspecified atom stereocenters. The maximum atomic E-state index is 16.1. The number of hydrogen-bond donors (Lipinski definition) is 0. The third-order valence-corrected chi connectivity index (χ3v) is 21.3. The maximum absolute atomic E-state index is 16.1. The molecule has 1 aliphatic heterocycles. The second-order valence-corrected chi connectivity index (χ2v) is 30.8. The van der Waals surface area contributed by atoms with Crippen LogP contribution in [0.15, 0.2) is 133 Å². The van der Waals surface area contributed by atoms with Gasteiger partial charge in [-0.05, 0) is 105 Å². The van der Waals surface area contributed by atoms with E-state index < -0.39 is 319 Å². The summed E-state index contributed by atoms with van der Waals surface area (Å²) in [5, 5.41) is 0. The highest BCUT2D eigenvalue weighted by molar-refractivity contribution is 5.91. The molecule has 4 aromatic carbocycles. The van der Waals surface area contributed by atoms with E-state index >= 15 is 43.9 Å². The van der Waals surface area contributed by atoms with Crippen LogP contribution in [0.2, 0.25) is 0 Å². The number of hydrogen-bond acceptors (Lipinski definition) is 10. The molecule has 0 N–H and O–H groups in total. The summed E-state index contributed by atoms with van der Waals surface area (Å²) in [6.07, 6.45) is -68.1. The fourth-order valence-corrected chi connectivity index (χ4v) is 13.0. The van der Waals surface area contributed by atoms with E-state index in [0.717, 1.165) is 36.4 Å². The quantitative estimate of drug-likeness (QED) is 0.0139. The van der Waals surface area contributed by atoms with Crippen molar-refractivity contribution < 1.29 is 272 Å². The van der Waals surface area contributed by atoms with Gasteiger partial charge in [0.2, 0.25) is 0 Å². The number of ether oxygens (including phenoxy) is 6. The van der Waals surface area contributed by atoms with E-state index in [-0.39, 0.29) is 22.3 Å². The van der Waals surface area contributed by atoms with Gasteiger partial charge in [0.05, 0.1) is 28.9 Å². The smallest absolute Gasteiger partial charge is 0.459 e. The van der Waals surface area contributed by atoms with Crippen molar-refractivity contribution in [3.8, 4) is 0 Å². The van der Waals surface area contributed by atoms with Crippen molar-refractivity contribution in [2.45, 2.75) is 276 Å². The molecular weight excluding hydrogens is 2070 g/mol. The van der Waals surface area contributed by atoms with Crippen LogP contribution in [0.25, 0.3) is 0 Å². The monoisotopic (exact) mass is 2130 g/mol. The minimum atomic E-state index is -9.43. The first-order chi connectivity index (χ1) is 62.5. The first-order valence-corrected chi connectivity index (χ1v) is 38.5. The summed E-state index contributed by atoms with van der Waals surface area (Å²) >= 11 is 0. The molecule has 0 saturated carbocycles. The van der Waals surface area contributed by atoms with E-state index in [1.54, 1.807) is 0 Å². The fourth-order valence-electron chi connectivity index (χ4n) is 13.0. The van der Waals surface area contributed by atoms with Gasteiger partial charge < -0.3 is 28.4 Å². The van der Waals surface area contributed by atoms with Crippen molar-refractivity contribution in [3.05, 3.63) is 156 Å². The molecule has 0 aromatic heterocycles. The van der Waals surface area contributed by atoms with Crippen molar-refractivity contribution in [1.29, 1.82) is 0 Å². The average molecular weight is 2130 g/mol. The van der Waals surface area contributed by atoms with Gasteiger partial charge in [0.25, 0.3) is 0 Å². The van der Waals surface area contributed by atoms with Crippen molar-refractivity contribution >= 4 is 23.9 Å². The lowest BCUT2D eigenvalue weighted by atomic mass is 9.70. The van der Waals surface area contributed by atoms with E-state index in [4.69, 9.17) is 28.4 Å². The Labute approximate surface area is 744 Å². The number of carbonyl (C=O) groups excluding carboxylic acids is 4. The van der Waals surface area contributed by atoms with E-state index in [1.165, 1.54) is 97.1 Å². The van der Waals surface area contributed by atoms with Gasteiger partial charge in [0, 0.05) is 19.3 Å². The summed E-state index contributed by atoms with van der Waals surface area (Å²) in [4.78, 5) is 55.5. The lowest BCUT2D eigenvalue weighted by Crippen LogP contribution is -2.74. The van der Waals surface area contributed by atoms with Crippen LogP contribution in [-0.2, 0) is 28.4 Å². The minimum absolute atomic E-state index is 0.190. The van der Waals surface area contributed by atoms with Gasteiger partial charge in [-0.15, -0.1) is 0 Å². The Morgan fingerprint density at radius 1 is 0.245 bits per heavy atom. The molecule has 0 bridgehead atoms. The Morgan fingerprint density at radius 2 is 0.482 bits per heavy atom. The van der Waals surface area contributed by atoms with Crippen LogP contribution in [-0.4, -0.2) is 211 Å². The van der Waals surface area contributed by atoms with Gasteiger partial charge in [0.1, 0.15) is 12.7 Å². The summed E-state index contributed by atoms with van der Waals surface area (Å²) in [6.45, 7) is -2.13. The molecule has 0 spiro atoms. The van der Waals surface area contributed by atoms with E-state index in [0.29, 0.717) is 0 Å². The SMILES string of the molecule is O=C(OC[C@H]1O[C@@H](OC/C=C/CCCCC(CCCCCC(F)(F)C(F)(F)C(F)(F)C(F)(F)C(F)(F)C(F)(F)C(F)(F)C(F)(F)F)(CCCCCC(F)(F)C(F)(F)C(F)(F)C(F)(F)C(F)(F)C(F)(F)C(F)(F)C(F)(F)F)CCC(F)(F)C(F)(F)C(F)(F)C(F)(F)C(F)(F)C(F)(F)C(F)(F)C(F)(F)F)[C@H](OC(=O)c2ccccc2)[C@@H](OC(=O)c2ccccc2)[C@H]1OC(=O)c1ccccc1)c1ccccc1. The molecule has 0 aliphatic carbocycles. The Kier molecular flexibility index (Phi) is 35.7. The maximum Gasteiger partial charge on any atom is 0.460 e. The Morgan fingerprint density at radius 3 is 0.770 bits per heavy atom. The number of carbonyl (C=O) groups is 4. The lowest BCUT2D eigenvalue weighted by Gasteiger charge is -2.44. The number of halogens is 51. The molecule has 1 fully saturated rings. The number of esters is 4. The van der Waals surface area contributed by atoms with Gasteiger partial charge in [-0.1, -0.05) is 117 Å². The third kappa shape index (κ3) is 22.5. The third-order valence-electron chi connectivity index (χ3n) is 21.3. The van der Waals surface area contributed by atoms with E-state index in [1.807, 2.05) is 0 Å². The molecule has 1 aliphatic rings. The molecule has 0 amide bonds. The van der Waals surface area contributed by atoms with E-state index in [9.17, 15) is 199 Å². The normalized spacial score (nSPS) is 18.1. The first kappa shape index (κ1) is 120. The number of rotatable bonds is 50. The molecule has 5 rings (SSSR count). The molecule has 139 heavy (non-hydrogen) atoms. The summed E-state index contributed by atoms with van der Waals surface area (Å²) in [5.41, 5.74) is -4.51. The van der Waals surface area contributed by atoms with Crippen molar-refractivity contribution in [2.75, 3.05) is 13.2 Å². The molecule has 5 atom stereocenters. The van der Waals surface area contributed by atoms with Crippen LogP contribution in [0.5, 0.6) is 0 Å². The second kappa shape index (κ2) is 41.3. The number of unbranched alkanes of at least 4 members (excludes halogenated alkanes) is 6. The Hall–Kier alpha value is -9.15. The van der Waals surface area contributed by atoms with Crippen LogP contribution >= 0.6 is 0 Å². The van der Waals surface area contributed by atoms with Crippen molar-refractivity contribution in [3.63, 3.8) is 0 Å². The molecule has 10 nitrogen and oxygen atoms in total. The Balaban J connectivity index is 1.67. The first-order valence-electron chi connectivity index (χ1n) is 38.5.